The Labute approximate surface area is 224 Å². The van der Waals surface area contributed by atoms with E-state index in [4.69, 9.17) is 0 Å². The van der Waals surface area contributed by atoms with E-state index in [0.29, 0.717) is 6.42 Å². The molecule has 0 radical (unpaired) electrons. The van der Waals surface area contributed by atoms with Crippen LogP contribution < -0.4 is 9.62 Å². The molecular weight excluding hydrogens is 505 g/mol. The number of carbonyl (C=O) groups is 2. The summed E-state index contributed by atoms with van der Waals surface area (Å²) in [6.07, 6.45) is 0.339. The minimum Gasteiger partial charge on any atom is -0.352 e. The number of hydrogen-bond acceptors (Lipinski definition) is 4. The summed E-state index contributed by atoms with van der Waals surface area (Å²) in [7, 11) is -4.23. The minimum atomic E-state index is -4.23. The van der Waals surface area contributed by atoms with Gasteiger partial charge in [-0.2, -0.15) is 0 Å². The summed E-state index contributed by atoms with van der Waals surface area (Å²) in [4.78, 5) is 28.3. The highest BCUT2D eigenvalue weighted by Crippen LogP contribution is 2.25. The largest absolute Gasteiger partial charge is 0.352 e. The van der Waals surface area contributed by atoms with Crippen molar-refractivity contribution in [1.82, 2.24) is 10.2 Å². The van der Waals surface area contributed by atoms with Crippen LogP contribution in [0.4, 0.5) is 10.1 Å². The fourth-order valence-electron chi connectivity index (χ4n) is 4.05. The maximum Gasteiger partial charge on any atom is 0.264 e. The van der Waals surface area contributed by atoms with E-state index in [9.17, 15) is 22.4 Å². The van der Waals surface area contributed by atoms with Gasteiger partial charge in [-0.3, -0.25) is 13.9 Å². The number of benzene rings is 3. The van der Waals surface area contributed by atoms with E-state index < -0.39 is 34.3 Å². The third-order valence-corrected chi connectivity index (χ3v) is 7.80. The molecule has 0 heterocycles. The van der Waals surface area contributed by atoms with Crippen molar-refractivity contribution in [3.8, 4) is 0 Å². The number of sulfonamides is 1. The first kappa shape index (κ1) is 28.8. The fourth-order valence-corrected chi connectivity index (χ4v) is 5.46. The number of nitrogens with one attached hydrogen (secondary N) is 1. The lowest BCUT2D eigenvalue weighted by Crippen LogP contribution is -2.53. The molecule has 1 N–H and O–H groups in total. The van der Waals surface area contributed by atoms with Gasteiger partial charge in [0.1, 0.15) is 18.4 Å². The third kappa shape index (κ3) is 7.19. The zero-order valence-corrected chi connectivity index (χ0v) is 22.9. The molecule has 0 aromatic heterocycles. The van der Waals surface area contributed by atoms with Gasteiger partial charge in [0.2, 0.25) is 11.8 Å². The Morgan fingerprint density at radius 3 is 2.08 bits per heavy atom. The topological polar surface area (TPSA) is 86.8 Å². The van der Waals surface area contributed by atoms with Gasteiger partial charge in [-0.05, 0) is 69.2 Å². The number of aryl methyl sites for hydroxylation is 1. The Hall–Kier alpha value is -3.72. The molecule has 0 bridgehead atoms. The number of rotatable bonds is 11. The van der Waals surface area contributed by atoms with Crippen LogP contribution in [0.3, 0.4) is 0 Å². The fraction of sp³-hybridized carbons (Fsp3) is 0.310. The monoisotopic (exact) mass is 539 g/mol. The van der Waals surface area contributed by atoms with Crippen molar-refractivity contribution in [3.05, 3.63) is 95.8 Å². The lowest BCUT2D eigenvalue weighted by molar-refractivity contribution is -0.140. The lowest BCUT2D eigenvalue weighted by Gasteiger charge is -2.33. The van der Waals surface area contributed by atoms with Crippen LogP contribution >= 0.6 is 0 Å². The molecule has 38 heavy (non-hydrogen) atoms. The van der Waals surface area contributed by atoms with E-state index in [1.807, 2.05) is 52.0 Å². The number of para-hydroxylation sites is 1. The average Bonchev–Trinajstić information content (AvgIpc) is 2.88. The van der Waals surface area contributed by atoms with Crippen molar-refractivity contribution in [2.75, 3.05) is 10.8 Å². The zero-order chi connectivity index (χ0) is 27.9. The molecule has 0 spiro atoms. The van der Waals surface area contributed by atoms with Crippen molar-refractivity contribution >= 4 is 27.5 Å². The molecule has 2 amide bonds. The number of anilines is 1. The summed E-state index contributed by atoms with van der Waals surface area (Å²) in [5, 5.41) is 2.87. The maximum absolute atomic E-state index is 13.9. The van der Waals surface area contributed by atoms with Crippen molar-refractivity contribution in [3.63, 3.8) is 0 Å². The van der Waals surface area contributed by atoms with Crippen LogP contribution in [0, 0.1) is 12.7 Å². The Morgan fingerprint density at radius 2 is 1.53 bits per heavy atom. The molecule has 0 saturated carbocycles. The predicted octanol–water partition coefficient (Wildman–Crippen LogP) is 4.66. The van der Waals surface area contributed by atoms with Crippen molar-refractivity contribution < 1.29 is 22.4 Å². The Bertz CT molecular complexity index is 1330. The summed E-state index contributed by atoms with van der Waals surface area (Å²) in [5.41, 5.74) is 2.14. The summed E-state index contributed by atoms with van der Waals surface area (Å²) in [6.45, 7) is 7.02. The molecule has 1 atom stereocenters. The average molecular weight is 540 g/mol. The first-order valence-corrected chi connectivity index (χ1v) is 14.0. The molecule has 9 heteroatoms. The van der Waals surface area contributed by atoms with E-state index in [1.165, 1.54) is 17.0 Å². The Morgan fingerprint density at radius 1 is 0.921 bits per heavy atom. The molecule has 0 fully saturated rings. The van der Waals surface area contributed by atoms with Crippen molar-refractivity contribution in [2.24, 2.45) is 0 Å². The van der Waals surface area contributed by atoms with Crippen LogP contribution in [0.15, 0.2) is 83.8 Å². The summed E-state index contributed by atoms with van der Waals surface area (Å²) < 4.78 is 41.9. The van der Waals surface area contributed by atoms with Gasteiger partial charge in [0.15, 0.2) is 0 Å². The van der Waals surface area contributed by atoms with Gasteiger partial charge < -0.3 is 10.2 Å². The summed E-state index contributed by atoms with van der Waals surface area (Å²) in [5.74, 6) is -1.42. The minimum absolute atomic E-state index is 0.127. The molecule has 202 valence electrons. The number of hydrogen-bond donors (Lipinski definition) is 1. The summed E-state index contributed by atoms with van der Waals surface area (Å²) in [6, 6.07) is 19.4. The Balaban J connectivity index is 2.03. The van der Waals surface area contributed by atoms with Gasteiger partial charge in [-0.15, -0.1) is 0 Å². The molecular formula is C29H34FN3O4S. The van der Waals surface area contributed by atoms with Crippen molar-refractivity contribution in [1.29, 1.82) is 0 Å². The first-order valence-electron chi connectivity index (χ1n) is 12.5. The first-order chi connectivity index (χ1) is 18.0. The van der Waals surface area contributed by atoms with E-state index in [1.54, 1.807) is 30.3 Å². The number of halogens is 1. The van der Waals surface area contributed by atoms with Gasteiger partial charge in [0.25, 0.3) is 10.0 Å². The summed E-state index contributed by atoms with van der Waals surface area (Å²) >= 11 is 0. The Kier molecular flexibility index (Phi) is 9.63. The second-order valence-corrected chi connectivity index (χ2v) is 11.3. The highest BCUT2D eigenvalue weighted by atomic mass is 32.2. The van der Waals surface area contributed by atoms with Gasteiger partial charge in [-0.25, -0.2) is 12.8 Å². The molecule has 0 aliphatic carbocycles. The molecule has 0 aliphatic heterocycles. The van der Waals surface area contributed by atoms with Crippen LogP contribution in [0.1, 0.15) is 38.3 Å². The molecule has 0 saturated heterocycles. The van der Waals surface area contributed by atoms with E-state index in [0.717, 1.165) is 27.6 Å². The van der Waals surface area contributed by atoms with E-state index >= 15 is 0 Å². The normalized spacial score (nSPS) is 12.2. The molecule has 3 aromatic carbocycles. The number of carbonyl (C=O) groups excluding carboxylic acids is 2. The van der Waals surface area contributed by atoms with Crippen LogP contribution in [-0.4, -0.2) is 43.8 Å². The standard InChI is InChI=1S/C29H34FN3O4S/c1-5-27(29(35)31-21(2)3)32(19-23-13-11-22(4)12-14-23)28(34)20-33(25-9-7-6-8-10-25)38(36,37)26-17-15-24(30)16-18-26/h6-18,21,27H,5,19-20H2,1-4H3,(H,31,35)/t27-/m0/s1. The lowest BCUT2D eigenvalue weighted by atomic mass is 10.1. The SMILES string of the molecule is CC[C@@H](C(=O)NC(C)C)N(Cc1ccc(C)cc1)C(=O)CN(c1ccccc1)S(=O)(=O)c1ccc(F)cc1. The molecule has 3 aromatic rings. The molecule has 0 unspecified atom stereocenters. The van der Waals surface area contributed by atoms with Gasteiger partial charge in [-0.1, -0.05) is 55.0 Å². The highest BCUT2D eigenvalue weighted by molar-refractivity contribution is 7.92. The van der Waals surface area contributed by atoms with E-state index in [2.05, 4.69) is 5.32 Å². The van der Waals surface area contributed by atoms with Crippen LogP contribution in [0.5, 0.6) is 0 Å². The van der Waals surface area contributed by atoms with Crippen LogP contribution in [0.2, 0.25) is 0 Å². The van der Waals surface area contributed by atoms with Crippen LogP contribution in [-0.2, 0) is 26.2 Å². The number of nitrogens with zero attached hydrogens (tertiary/aromatic N) is 2. The zero-order valence-electron chi connectivity index (χ0n) is 22.1. The second kappa shape index (κ2) is 12.7. The van der Waals surface area contributed by atoms with Gasteiger partial charge in [0.05, 0.1) is 10.6 Å². The third-order valence-electron chi connectivity index (χ3n) is 6.02. The number of amides is 2. The smallest absolute Gasteiger partial charge is 0.264 e. The quantitative estimate of drug-likeness (QED) is 0.384. The van der Waals surface area contributed by atoms with Gasteiger partial charge >= 0.3 is 0 Å². The molecule has 7 nitrogen and oxygen atoms in total. The van der Waals surface area contributed by atoms with E-state index in [-0.39, 0.29) is 29.1 Å². The molecule has 3 rings (SSSR count). The maximum atomic E-state index is 13.9. The van der Waals surface area contributed by atoms with Crippen molar-refractivity contribution in [2.45, 2.75) is 57.6 Å². The van der Waals surface area contributed by atoms with Crippen LogP contribution in [0.25, 0.3) is 0 Å². The highest BCUT2D eigenvalue weighted by Gasteiger charge is 2.33. The second-order valence-electron chi connectivity index (χ2n) is 9.40. The van der Waals surface area contributed by atoms with Gasteiger partial charge in [0, 0.05) is 12.6 Å². The predicted molar refractivity (Wildman–Crippen MR) is 146 cm³/mol. The molecule has 0 aliphatic rings.